The molecule has 12 atom stereocenters. The first kappa shape index (κ1) is 76.3. The Morgan fingerprint density at radius 2 is 0.843 bits per heavy atom. The molecule has 3 heterocycles. The van der Waals surface area contributed by atoms with Crippen LogP contribution in [0, 0.1) is 0 Å². The third-order valence-electron chi connectivity index (χ3n) is 9.92. The van der Waals surface area contributed by atoms with Gasteiger partial charge in [-0.2, -0.15) is 0 Å². The monoisotopic (exact) mass is 1200 g/mol. The van der Waals surface area contributed by atoms with Crippen molar-refractivity contribution in [2.75, 3.05) is 33.0 Å². The van der Waals surface area contributed by atoms with Crippen LogP contribution in [0.3, 0.4) is 0 Å². The van der Waals surface area contributed by atoms with E-state index in [1.807, 2.05) is 13.8 Å². The van der Waals surface area contributed by atoms with Crippen molar-refractivity contribution in [2.24, 2.45) is 0 Å². The number of esters is 7. The van der Waals surface area contributed by atoms with E-state index in [1.54, 1.807) is 36.4 Å². The van der Waals surface area contributed by atoms with Gasteiger partial charge in [-0.25, -0.2) is 0 Å². The molecule has 0 spiro atoms. The molecule has 0 amide bonds. The number of hydrogen-bond donors (Lipinski definition) is 6. The van der Waals surface area contributed by atoms with Crippen LogP contribution in [0.15, 0.2) is 72.8 Å². The van der Waals surface area contributed by atoms with Crippen LogP contribution in [0.4, 0.5) is 12.9 Å². The van der Waals surface area contributed by atoms with E-state index in [0.29, 0.717) is 0 Å². The Labute approximate surface area is 497 Å². The number of carbonyl (C=O) groups is 7. The van der Waals surface area contributed by atoms with Crippen molar-refractivity contribution in [2.45, 2.75) is 136 Å². The van der Waals surface area contributed by atoms with Gasteiger partial charge in [0.05, 0.1) is 6.61 Å². The maximum Gasteiger partial charge on any atom is 1.00 e. The smallest absolute Gasteiger partial charge is 0.870 e. The number of ether oxygens (including phenoxy) is 13. The number of hydrogen-bond acceptors (Lipinski definition) is 27. The van der Waals surface area contributed by atoms with Gasteiger partial charge in [0.25, 0.3) is 0 Å². The topological polar surface area (TPSA) is 384 Å². The second-order valence-electron chi connectivity index (χ2n) is 16.5. The van der Waals surface area contributed by atoms with Crippen molar-refractivity contribution in [3.05, 3.63) is 72.8 Å². The van der Waals surface area contributed by atoms with Crippen LogP contribution in [0.5, 0.6) is 34.5 Å². The number of halogens is 3. The zero-order chi connectivity index (χ0) is 62.2. The fourth-order valence-corrected chi connectivity index (χ4v) is 6.69. The van der Waals surface area contributed by atoms with Crippen molar-refractivity contribution in [1.29, 1.82) is 0 Å². The van der Waals surface area contributed by atoms with E-state index in [9.17, 15) is 66.9 Å². The Bertz CT molecular complexity index is 2420. The summed E-state index contributed by atoms with van der Waals surface area (Å²) in [6, 6.07) is 18.2. The van der Waals surface area contributed by atoms with Gasteiger partial charge < -0.3 is 97.3 Å². The van der Waals surface area contributed by atoms with E-state index >= 15 is 0 Å². The average Bonchev–Trinajstić information content (AvgIpc) is 3.78. The SMILES string of the molecule is CC(=O)OCC1OC(OC(C)=O)C(OC(C)=O)C1OC(C)=O.CC(=O)OCC1OC(Oc2ccccc2O)C(OC(C)=O)C1OC(C)=O.CCOCC.FB(F)F.Oc1ccccc1O.[Na+].[O-]c1ccccc1OC1OC(CO)C(O)C1O. The van der Waals surface area contributed by atoms with E-state index in [0.717, 1.165) is 34.0 Å². The first-order valence-electron chi connectivity index (χ1n) is 24.5. The van der Waals surface area contributed by atoms with Gasteiger partial charge >= 0.3 is 78.9 Å². The Morgan fingerprint density at radius 3 is 1.19 bits per heavy atom. The van der Waals surface area contributed by atoms with E-state index in [-0.39, 0.29) is 77.3 Å². The third kappa shape index (κ3) is 29.9. The zero-order valence-electron chi connectivity index (χ0n) is 46.9. The molecule has 458 valence electrons. The predicted octanol–water partition coefficient (Wildman–Crippen LogP) is -0.774. The summed E-state index contributed by atoms with van der Waals surface area (Å²) in [6.07, 6.45) is -13.3. The van der Waals surface area contributed by atoms with Gasteiger partial charge in [-0.3, -0.25) is 46.5 Å². The Balaban J connectivity index is 0.00000107. The van der Waals surface area contributed by atoms with Crippen LogP contribution in [-0.4, -0.2) is 187 Å². The summed E-state index contributed by atoms with van der Waals surface area (Å²) in [4.78, 5) is 78.3. The minimum absolute atomic E-state index is 0. The van der Waals surface area contributed by atoms with Crippen molar-refractivity contribution in [1.82, 2.24) is 0 Å². The van der Waals surface area contributed by atoms with Crippen LogP contribution < -0.4 is 44.1 Å². The summed E-state index contributed by atoms with van der Waals surface area (Å²) >= 11 is 0. The number of benzene rings is 3. The molecule has 0 aliphatic carbocycles. The minimum Gasteiger partial charge on any atom is -0.870 e. The molecule has 3 aromatic rings. The van der Waals surface area contributed by atoms with Crippen LogP contribution in [0.25, 0.3) is 0 Å². The second kappa shape index (κ2) is 40.5. The minimum atomic E-state index is -3.67. The zero-order valence-corrected chi connectivity index (χ0v) is 48.9. The van der Waals surface area contributed by atoms with Crippen LogP contribution in [-0.2, 0) is 85.7 Å². The summed E-state index contributed by atoms with van der Waals surface area (Å²) in [6.45, 7) is 13.0. The van der Waals surface area contributed by atoms with Gasteiger partial charge in [0.2, 0.25) is 31.1 Å². The molecule has 6 rings (SSSR count). The first-order valence-corrected chi connectivity index (χ1v) is 24.5. The molecule has 32 heteroatoms. The van der Waals surface area contributed by atoms with Crippen molar-refractivity contribution in [3.63, 3.8) is 0 Å². The number of rotatable bonds is 16. The molecule has 83 heavy (non-hydrogen) atoms. The predicted molar refractivity (Wildman–Crippen MR) is 269 cm³/mol. The molecule has 3 aliphatic heterocycles. The number of carbonyl (C=O) groups excluding carboxylic acids is 7. The molecular weight excluding hydrogens is 1140 g/mol. The van der Waals surface area contributed by atoms with Gasteiger partial charge in [-0.15, -0.1) is 0 Å². The summed E-state index contributed by atoms with van der Waals surface area (Å²) in [7, 11) is -3.67. The molecule has 12 unspecified atom stereocenters. The molecule has 6 N–H and O–H groups in total. The standard InChI is InChI=1S/C17H20O9.C13H18O9.C11H14O6.C6H6O2.C4H10O.BF3.Na/c1-9(18)22-8-14-15(23-10(2)19)16(24-11(3)20)17(26-14)25-13-7-5-4-6-12(13)21;1-6(14)18-5-10-11(19-7(2)15)12(20-8(3)16)13(22-10)21-9(4)17;12-5-8-9(14)10(15)11(17-8)16-7-4-2-1-3-6(7)13;7-5-3-1-2-4-6(5)8;1-3-5-4-2;2-1(3)4;/h4-7,14-17,21H,8H2,1-3H3;10-13H,5H2,1-4H3;1-4,8-15H,5H2;1-4,7-8H;3-4H2,1-2H3;;/q;;;;;;+1/p-1. The first-order chi connectivity index (χ1) is 38.6. The van der Waals surface area contributed by atoms with Gasteiger partial charge in [0.1, 0.15) is 49.5 Å². The molecule has 3 aliphatic rings. The molecule has 0 radical (unpaired) electrons. The molecule has 27 nitrogen and oxygen atoms in total. The van der Waals surface area contributed by atoms with Gasteiger partial charge in [-0.05, 0) is 44.2 Å². The van der Waals surface area contributed by atoms with Crippen LogP contribution in [0.1, 0.15) is 62.3 Å². The molecule has 3 saturated heterocycles. The van der Waals surface area contributed by atoms with Crippen molar-refractivity contribution in [3.8, 4) is 34.5 Å². The number of para-hydroxylation sites is 6. The summed E-state index contributed by atoms with van der Waals surface area (Å²) in [5, 5.41) is 66.5. The number of aromatic hydroxyl groups is 3. The molecule has 0 saturated carbocycles. The molecule has 3 fully saturated rings. The number of aliphatic hydroxyl groups excluding tert-OH is 3. The third-order valence-corrected chi connectivity index (χ3v) is 9.92. The Morgan fingerprint density at radius 1 is 0.494 bits per heavy atom. The number of phenols is 3. The summed E-state index contributed by atoms with van der Waals surface area (Å²) in [5.41, 5.74) is 0. The van der Waals surface area contributed by atoms with Crippen molar-refractivity contribution < 1.29 is 173 Å². The Kier molecular flexibility index (Phi) is 37.3. The fourth-order valence-electron chi connectivity index (χ4n) is 6.69. The van der Waals surface area contributed by atoms with Crippen molar-refractivity contribution >= 4 is 49.3 Å². The normalized spacial score (nSPS) is 23.2. The van der Waals surface area contributed by atoms with E-state index in [1.165, 1.54) is 64.1 Å². The van der Waals surface area contributed by atoms with Gasteiger partial charge in [0.15, 0.2) is 35.2 Å². The average molecular weight is 1200 g/mol. The molecule has 0 aromatic heterocycles. The van der Waals surface area contributed by atoms with Gasteiger partial charge in [-0.1, -0.05) is 48.2 Å². The van der Waals surface area contributed by atoms with Gasteiger partial charge in [0, 0.05) is 61.7 Å². The molecule has 0 bridgehead atoms. The van der Waals surface area contributed by atoms with E-state index < -0.39 is 130 Å². The maximum absolute atomic E-state index is 11.5. The van der Waals surface area contributed by atoms with E-state index in [2.05, 4.69) is 0 Å². The summed E-state index contributed by atoms with van der Waals surface area (Å²) in [5.74, 6) is -4.91. The Hall–Kier alpha value is -6.68. The van der Waals surface area contributed by atoms with E-state index in [4.69, 9.17) is 76.9 Å². The summed E-state index contributed by atoms with van der Waals surface area (Å²) < 4.78 is 95.8. The largest absolute Gasteiger partial charge is 1.00 e. The fraction of sp³-hybridized carbons (Fsp3) is 0.510. The molecule has 3 aromatic carbocycles. The quantitative estimate of drug-likeness (QED) is 0.0444. The second-order valence-corrected chi connectivity index (χ2v) is 16.5. The van der Waals surface area contributed by atoms with Crippen LogP contribution >= 0.6 is 0 Å². The number of phenolic OH excluding ortho intramolecular Hbond substituents is 3. The van der Waals surface area contributed by atoms with Crippen LogP contribution in [0.2, 0.25) is 0 Å². The number of aliphatic hydroxyl groups is 3. The molecular formula is C51H67BF3NaO27. The maximum atomic E-state index is 11.5.